The lowest BCUT2D eigenvalue weighted by Crippen LogP contribution is -2.05. The Balaban J connectivity index is 3.05. The van der Waals surface area contributed by atoms with Gasteiger partial charge in [0.2, 0.25) is 0 Å². The summed E-state index contributed by atoms with van der Waals surface area (Å²) in [5, 5.41) is 0. The van der Waals surface area contributed by atoms with Crippen molar-refractivity contribution in [2.75, 3.05) is 13.2 Å². The molecule has 12 heavy (non-hydrogen) atoms. The van der Waals surface area contributed by atoms with Crippen LogP contribution in [0.15, 0.2) is 0 Å². The molecule has 0 saturated heterocycles. The molecule has 0 aromatic heterocycles. The second-order valence-electron chi connectivity index (χ2n) is 3.41. The average Bonchev–Trinajstić information content (AvgIpc) is 2.03. The van der Waals surface area contributed by atoms with Crippen LogP contribution in [0.5, 0.6) is 0 Å². The van der Waals surface area contributed by atoms with Crippen molar-refractivity contribution >= 4 is 5.78 Å². The van der Waals surface area contributed by atoms with Crippen molar-refractivity contribution in [1.82, 2.24) is 0 Å². The summed E-state index contributed by atoms with van der Waals surface area (Å²) in [6.45, 7) is 6.99. The van der Waals surface area contributed by atoms with Gasteiger partial charge < -0.3 is 4.74 Å². The first-order valence-electron chi connectivity index (χ1n) is 4.74. The molecular formula is C10H20O2. The van der Waals surface area contributed by atoms with E-state index in [0.29, 0.717) is 0 Å². The fourth-order valence-corrected chi connectivity index (χ4v) is 0.954. The molecule has 72 valence electrons. The van der Waals surface area contributed by atoms with Gasteiger partial charge in [0.25, 0.3) is 0 Å². The fourth-order valence-electron chi connectivity index (χ4n) is 0.954. The second-order valence-corrected chi connectivity index (χ2v) is 3.41. The first-order chi connectivity index (χ1) is 5.66. The van der Waals surface area contributed by atoms with Crippen LogP contribution in [0.2, 0.25) is 0 Å². The van der Waals surface area contributed by atoms with E-state index in [4.69, 9.17) is 4.74 Å². The monoisotopic (exact) mass is 172 g/mol. The molecule has 0 spiro atoms. The summed E-state index contributed by atoms with van der Waals surface area (Å²) in [6, 6.07) is 0. The van der Waals surface area contributed by atoms with Gasteiger partial charge in [-0.2, -0.15) is 0 Å². The number of carbonyl (C=O) groups is 1. The van der Waals surface area contributed by atoms with Crippen LogP contribution in [-0.2, 0) is 9.53 Å². The summed E-state index contributed by atoms with van der Waals surface area (Å²) < 4.78 is 5.14. The number of ether oxygens (including phenoxy) is 1. The summed E-state index contributed by atoms with van der Waals surface area (Å²) in [4.78, 5) is 10.5. The zero-order chi connectivity index (χ0) is 9.40. The smallest absolute Gasteiger partial charge is 0.155 e. The van der Waals surface area contributed by atoms with Gasteiger partial charge in [-0.25, -0.2) is 0 Å². The molecule has 0 amide bonds. The van der Waals surface area contributed by atoms with E-state index in [-0.39, 0.29) is 12.4 Å². The molecule has 0 aromatic rings. The van der Waals surface area contributed by atoms with Crippen LogP contribution in [0, 0.1) is 5.92 Å². The number of hydrogen-bond acceptors (Lipinski definition) is 2. The van der Waals surface area contributed by atoms with Crippen molar-refractivity contribution in [3.63, 3.8) is 0 Å². The predicted molar refractivity (Wildman–Crippen MR) is 50.2 cm³/mol. The third-order valence-electron chi connectivity index (χ3n) is 1.99. The lowest BCUT2D eigenvalue weighted by atomic mass is 10.0. The number of ketones is 1. The van der Waals surface area contributed by atoms with Crippen molar-refractivity contribution in [1.29, 1.82) is 0 Å². The zero-order valence-corrected chi connectivity index (χ0v) is 8.43. The first kappa shape index (κ1) is 11.6. The summed E-state index contributed by atoms with van der Waals surface area (Å²) >= 11 is 0. The Kier molecular flexibility index (Phi) is 7.06. The van der Waals surface area contributed by atoms with E-state index in [0.717, 1.165) is 18.9 Å². The minimum absolute atomic E-state index is 0.110. The molecule has 0 bridgehead atoms. The Hall–Kier alpha value is -0.370. The quantitative estimate of drug-likeness (QED) is 0.551. The molecule has 0 aliphatic heterocycles. The maximum absolute atomic E-state index is 10.5. The van der Waals surface area contributed by atoms with Gasteiger partial charge in [-0.1, -0.05) is 20.3 Å². The molecule has 2 nitrogen and oxygen atoms in total. The molecule has 0 radical (unpaired) electrons. The van der Waals surface area contributed by atoms with Crippen LogP contribution in [0.3, 0.4) is 0 Å². The number of hydrogen-bond donors (Lipinski definition) is 0. The molecular weight excluding hydrogens is 152 g/mol. The van der Waals surface area contributed by atoms with Gasteiger partial charge in [-0.15, -0.1) is 0 Å². The maximum Gasteiger partial charge on any atom is 0.155 e. The molecule has 0 aliphatic rings. The van der Waals surface area contributed by atoms with E-state index in [1.54, 1.807) is 6.92 Å². The van der Waals surface area contributed by atoms with E-state index in [2.05, 4.69) is 13.8 Å². The summed E-state index contributed by atoms with van der Waals surface area (Å²) in [5.74, 6) is 0.893. The van der Waals surface area contributed by atoms with Crippen LogP contribution >= 0.6 is 0 Å². The molecule has 1 unspecified atom stereocenters. The van der Waals surface area contributed by atoms with Crippen LogP contribution in [0.4, 0.5) is 0 Å². The summed E-state index contributed by atoms with van der Waals surface area (Å²) in [6.07, 6.45) is 3.50. The minimum Gasteiger partial charge on any atom is -0.374 e. The Morgan fingerprint density at radius 2 is 2.17 bits per heavy atom. The van der Waals surface area contributed by atoms with E-state index in [1.165, 1.54) is 12.8 Å². The number of Topliss-reactive ketones (excluding diaryl/α,β-unsaturated/α-hetero) is 1. The fraction of sp³-hybridized carbons (Fsp3) is 0.900. The van der Waals surface area contributed by atoms with Crippen LogP contribution in [0.1, 0.15) is 40.0 Å². The van der Waals surface area contributed by atoms with Gasteiger partial charge in [-0.3, -0.25) is 4.79 Å². The average molecular weight is 172 g/mol. The highest BCUT2D eigenvalue weighted by Gasteiger charge is 1.98. The Morgan fingerprint density at radius 3 is 2.67 bits per heavy atom. The Morgan fingerprint density at radius 1 is 1.50 bits per heavy atom. The van der Waals surface area contributed by atoms with E-state index < -0.39 is 0 Å². The van der Waals surface area contributed by atoms with Crippen LogP contribution in [0.25, 0.3) is 0 Å². The third kappa shape index (κ3) is 7.73. The molecule has 0 rings (SSSR count). The van der Waals surface area contributed by atoms with Gasteiger partial charge >= 0.3 is 0 Å². The summed E-state index contributed by atoms with van der Waals surface area (Å²) in [5.41, 5.74) is 0. The number of rotatable bonds is 7. The topological polar surface area (TPSA) is 26.3 Å². The van der Waals surface area contributed by atoms with Gasteiger partial charge in [0.05, 0.1) is 0 Å². The molecule has 0 aromatic carbocycles. The maximum atomic E-state index is 10.5. The lowest BCUT2D eigenvalue weighted by Gasteiger charge is -2.07. The SMILES string of the molecule is CCC(C)CCCOCC(C)=O. The molecule has 2 heteroatoms. The highest BCUT2D eigenvalue weighted by atomic mass is 16.5. The van der Waals surface area contributed by atoms with E-state index in [1.807, 2.05) is 0 Å². The van der Waals surface area contributed by atoms with Crippen LogP contribution in [-0.4, -0.2) is 19.0 Å². The van der Waals surface area contributed by atoms with Crippen molar-refractivity contribution < 1.29 is 9.53 Å². The lowest BCUT2D eigenvalue weighted by molar-refractivity contribution is -0.121. The van der Waals surface area contributed by atoms with E-state index >= 15 is 0 Å². The Bertz CT molecular complexity index is 121. The molecule has 1 atom stereocenters. The van der Waals surface area contributed by atoms with E-state index in [9.17, 15) is 4.79 Å². The second kappa shape index (κ2) is 7.29. The standard InChI is InChI=1S/C10H20O2/c1-4-9(2)6-5-7-12-8-10(3)11/h9H,4-8H2,1-3H3. The summed E-state index contributed by atoms with van der Waals surface area (Å²) in [7, 11) is 0. The van der Waals surface area contributed by atoms with Gasteiger partial charge in [0.1, 0.15) is 6.61 Å². The molecule has 0 N–H and O–H groups in total. The highest BCUT2D eigenvalue weighted by molar-refractivity contribution is 5.76. The minimum atomic E-state index is 0.110. The molecule has 0 heterocycles. The van der Waals surface area contributed by atoms with Gasteiger partial charge in [0, 0.05) is 6.61 Å². The van der Waals surface area contributed by atoms with Crippen molar-refractivity contribution in [2.24, 2.45) is 5.92 Å². The van der Waals surface area contributed by atoms with Gasteiger partial charge in [0.15, 0.2) is 5.78 Å². The number of carbonyl (C=O) groups excluding carboxylic acids is 1. The largest absolute Gasteiger partial charge is 0.374 e. The molecule has 0 saturated carbocycles. The third-order valence-corrected chi connectivity index (χ3v) is 1.99. The van der Waals surface area contributed by atoms with Gasteiger partial charge in [-0.05, 0) is 25.7 Å². The predicted octanol–water partition coefficient (Wildman–Crippen LogP) is 2.42. The Labute approximate surface area is 75.3 Å². The highest BCUT2D eigenvalue weighted by Crippen LogP contribution is 2.08. The van der Waals surface area contributed by atoms with Crippen molar-refractivity contribution in [3.8, 4) is 0 Å². The molecule has 0 aliphatic carbocycles. The normalized spacial score (nSPS) is 12.9. The van der Waals surface area contributed by atoms with Crippen molar-refractivity contribution in [2.45, 2.75) is 40.0 Å². The van der Waals surface area contributed by atoms with Crippen LogP contribution < -0.4 is 0 Å². The zero-order valence-electron chi connectivity index (χ0n) is 8.43. The first-order valence-corrected chi connectivity index (χ1v) is 4.74. The van der Waals surface area contributed by atoms with Crippen molar-refractivity contribution in [3.05, 3.63) is 0 Å². The molecule has 0 fully saturated rings.